The third kappa shape index (κ3) is 6.21. The molecule has 1 N–H and O–H groups in total. The van der Waals surface area contributed by atoms with Gasteiger partial charge in [0.1, 0.15) is 12.1 Å². The minimum Gasteiger partial charge on any atom is -0.480 e. The lowest BCUT2D eigenvalue weighted by Crippen LogP contribution is -2.43. The van der Waals surface area contributed by atoms with Crippen LogP contribution >= 0.6 is 0 Å². The summed E-state index contributed by atoms with van der Waals surface area (Å²) in [6.45, 7) is 11.6. The number of rotatable bonds is 4. The maximum absolute atomic E-state index is 12.8. The topological polar surface area (TPSA) is 87.2 Å². The number of amides is 2. The molecule has 0 bridgehead atoms. The van der Waals surface area contributed by atoms with Gasteiger partial charge in [-0.2, -0.15) is 0 Å². The highest BCUT2D eigenvalue weighted by Gasteiger charge is 2.31. The minimum atomic E-state index is -1.05. The summed E-state index contributed by atoms with van der Waals surface area (Å²) in [5, 5.41) is 9.27. The van der Waals surface area contributed by atoms with Crippen molar-refractivity contribution in [2.75, 3.05) is 13.1 Å². The highest BCUT2D eigenvalue weighted by Crippen LogP contribution is 2.27. The average molecular weight is 405 g/mol. The van der Waals surface area contributed by atoms with Crippen LogP contribution in [0.4, 0.5) is 4.79 Å². The first kappa shape index (κ1) is 22.7. The Hall–Kier alpha value is -2.57. The molecule has 0 unspecified atom stereocenters. The van der Waals surface area contributed by atoms with Crippen molar-refractivity contribution in [1.29, 1.82) is 0 Å². The molecule has 0 fully saturated rings. The highest BCUT2D eigenvalue weighted by molar-refractivity contribution is 5.85. The number of carbonyl (C=O) groups excluding carboxylic acids is 2. The number of carboxylic acids is 1. The third-order valence-electron chi connectivity index (χ3n) is 4.64. The summed E-state index contributed by atoms with van der Waals surface area (Å²) in [4.78, 5) is 39.6. The van der Waals surface area contributed by atoms with Gasteiger partial charge in [-0.25, -0.2) is 4.79 Å². The third-order valence-corrected chi connectivity index (χ3v) is 4.64. The van der Waals surface area contributed by atoms with Gasteiger partial charge in [0.25, 0.3) is 0 Å². The summed E-state index contributed by atoms with van der Waals surface area (Å²) in [5.74, 6) is -1.28. The summed E-state index contributed by atoms with van der Waals surface area (Å²) in [6.07, 6.45) is 0.320. The lowest BCUT2D eigenvalue weighted by atomic mass is 9.92. The molecule has 2 amide bonds. The van der Waals surface area contributed by atoms with Crippen LogP contribution < -0.4 is 0 Å². The molecule has 7 heteroatoms. The Morgan fingerprint density at radius 2 is 1.79 bits per heavy atom. The van der Waals surface area contributed by atoms with Gasteiger partial charge >= 0.3 is 12.1 Å². The van der Waals surface area contributed by atoms with Gasteiger partial charge in [0.15, 0.2) is 0 Å². The second-order valence-electron chi connectivity index (χ2n) is 9.51. The SMILES string of the molecule is CC(C)(C)OC(=O)N1CCc2cccc(CN(CC(=O)O)C(=O)C(C)(C)C)c2C1. The maximum atomic E-state index is 12.8. The van der Waals surface area contributed by atoms with E-state index in [0.29, 0.717) is 19.5 Å². The Morgan fingerprint density at radius 3 is 2.34 bits per heavy atom. The van der Waals surface area contributed by atoms with E-state index in [1.165, 1.54) is 4.90 Å². The molecule has 0 aliphatic carbocycles. The van der Waals surface area contributed by atoms with E-state index >= 15 is 0 Å². The van der Waals surface area contributed by atoms with Crippen LogP contribution in [0, 0.1) is 5.41 Å². The molecule has 1 aliphatic rings. The fourth-order valence-corrected chi connectivity index (χ4v) is 3.32. The zero-order valence-corrected chi connectivity index (χ0v) is 18.2. The van der Waals surface area contributed by atoms with Crippen LogP contribution in [-0.4, -0.2) is 51.6 Å². The molecular weight excluding hydrogens is 372 g/mol. The maximum Gasteiger partial charge on any atom is 0.410 e. The van der Waals surface area contributed by atoms with Crippen molar-refractivity contribution in [1.82, 2.24) is 9.80 Å². The predicted octanol–water partition coefficient (Wildman–Crippen LogP) is 3.44. The second-order valence-corrected chi connectivity index (χ2v) is 9.51. The van der Waals surface area contributed by atoms with Crippen LogP contribution in [0.5, 0.6) is 0 Å². The van der Waals surface area contributed by atoms with E-state index in [1.807, 2.05) is 39.0 Å². The predicted molar refractivity (Wildman–Crippen MR) is 109 cm³/mol. The van der Waals surface area contributed by atoms with E-state index in [2.05, 4.69) is 0 Å². The largest absolute Gasteiger partial charge is 0.480 e. The molecule has 1 aliphatic heterocycles. The van der Waals surface area contributed by atoms with E-state index in [9.17, 15) is 19.5 Å². The van der Waals surface area contributed by atoms with Gasteiger partial charge in [-0.1, -0.05) is 39.0 Å². The molecule has 0 radical (unpaired) electrons. The summed E-state index contributed by atoms with van der Waals surface area (Å²) in [7, 11) is 0. The minimum absolute atomic E-state index is 0.188. The van der Waals surface area contributed by atoms with Crippen LogP contribution in [0.3, 0.4) is 0 Å². The molecule has 2 rings (SSSR count). The quantitative estimate of drug-likeness (QED) is 0.831. The first-order valence-corrected chi connectivity index (χ1v) is 9.86. The average Bonchev–Trinajstić information content (AvgIpc) is 2.57. The van der Waals surface area contributed by atoms with E-state index in [0.717, 1.165) is 16.7 Å². The Bertz CT molecular complexity index is 789. The second kappa shape index (κ2) is 8.43. The summed E-state index contributed by atoms with van der Waals surface area (Å²) >= 11 is 0. The van der Waals surface area contributed by atoms with Crippen LogP contribution in [0.25, 0.3) is 0 Å². The Morgan fingerprint density at radius 1 is 1.14 bits per heavy atom. The molecular formula is C22H32N2O5. The number of aliphatic carboxylic acids is 1. The molecule has 1 aromatic carbocycles. The Labute approximate surface area is 172 Å². The van der Waals surface area contributed by atoms with Crippen LogP contribution in [0.15, 0.2) is 18.2 Å². The number of carboxylic acid groups (broad SMARTS) is 1. The van der Waals surface area contributed by atoms with Crippen molar-refractivity contribution in [2.45, 2.75) is 66.7 Å². The molecule has 1 aromatic rings. The van der Waals surface area contributed by atoms with Gasteiger partial charge in [0, 0.05) is 25.0 Å². The number of carbonyl (C=O) groups is 3. The van der Waals surface area contributed by atoms with Crippen molar-refractivity contribution in [3.05, 3.63) is 34.9 Å². The summed E-state index contributed by atoms with van der Waals surface area (Å²) < 4.78 is 5.49. The van der Waals surface area contributed by atoms with E-state index < -0.39 is 17.0 Å². The molecule has 29 heavy (non-hydrogen) atoms. The standard InChI is InChI=1S/C22H32N2O5/c1-21(2,3)19(27)24(14-18(25)26)12-16-9-7-8-15-10-11-23(13-17(15)16)20(28)29-22(4,5)6/h7-9H,10-14H2,1-6H3,(H,25,26). The van der Waals surface area contributed by atoms with Crippen molar-refractivity contribution in [3.63, 3.8) is 0 Å². The Kier molecular flexibility index (Phi) is 6.60. The van der Waals surface area contributed by atoms with Gasteiger partial charge < -0.3 is 19.6 Å². The molecule has 1 heterocycles. The Balaban J connectivity index is 2.28. The normalized spacial score (nSPS) is 14.2. The zero-order valence-electron chi connectivity index (χ0n) is 18.2. The summed E-state index contributed by atoms with van der Waals surface area (Å²) in [6, 6.07) is 5.82. The van der Waals surface area contributed by atoms with Gasteiger partial charge in [0.05, 0.1) is 0 Å². The van der Waals surface area contributed by atoms with Gasteiger partial charge in [-0.3, -0.25) is 9.59 Å². The van der Waals surface area contributed by atoms with Gasteiger partial charge in [-0.15, -0.1) is 0 Å². The molecule has 0 aromatic heterocycles. The number of fused-ring (bicyclic) bond motifs is 1. The first-order chi connectivity index (χ1) is 13.3. The van der Waals surface area contributed by atoms with Crippen LogP contribution in [-0.2, 0) is 33.8 Å². The van der Waals surface area contributed by atoms with Crippen molar-refractivity contribution >= 4 is 18.0 Å². The molecule has 0 saturated carbocycles. The molecule has 7 nitrogen and oxygen atoms in total. The van der Waals surface area contributed by atoms with E-state index in [-0.39, 0.29) is 25.1 Å². The van der Waals surface area contributed by atoms with E-state index in [4.69, 9.17) is 4.74 Å². The van der Waals surface area contributed by atoms with Crippen LogP contribution in [0.2, 0.25) is 0 Å². The zero-order chi connectivity index (χ0) is 22.0. The lowest BCUT2D eigenvalue weighted by Gasteiger charge is -2.34. The summed E-state index contributed by atoms with van der Waals surface area (Å²) in [5.41, 5.74) is 1.67. The number of ether oxygens (including phenoxy) is 1. The first-order valence-electron chi connectivity index (χ1n) is 9.86. The molecule has 0 atom stereocenters. The number of hydrogen-bond acceptors (Lipinski definition) is 4. The van der Waals surface area contributed by atoms with Crippen molar-refractivity contribution < 1.29 is 24.2 Å². The van der Waals surface area contributed by atoms with Gasteiger partial charge in [-0.05, 0) is 43.9 Å². The lowest BCUT2D eigenvalue weighted by molar-refractivity contribution is -0.148. The molecule has 160 valence electrons. The molecule has 0 spiro atoms. The smallest absolute Gasteiger partial charge is 0.410 e. The fraction of sp³-hybridized carbons (Fsp3) is 0.591. The van der Waals surface area contributed by atoms with Crippen molar-refractivity contribution in [3.8, 4) is 0 Å². The number of hydrogen-bond donors (Lipinski definition) is 1. The number of nitrogens with zero attached hydrogens (tertiary/aromatic N) is 2. The fourth-order valence-electron chi connectivity index (χ4n) is 3.32. The highest BCUT2D eigenvalue weighted by atomic mass is 16.6. The number of benzene rings is 1. The monoisotopic (exact) mass is 404 g/mol. The van der Waals surface area contributed by atoms with Gasteiger partial charge in [0.2, 0.25) is 5.91 Å². The molecule has 0 saturated heterocycles. The van der Waals surface area contributed by atoms with Crippen LogP contribution in [0.1, 0.15) is 58.2 Å². The van der Waals surface area contributed by atoms with Crippen molar-refractivity contribution in [2.24, 2.45) is 5.41 Å². The van der Waals surface area contributed by atoms with E-state index in [1.54, 1.807) is 25.7 Å².